The molecule has 0 bridgehead atoms. The van der Waals surface area contributed by atoms with E-state index in [0.29, 0.717) is 0 Å². The Morgan fingerprint density at radius 1 is 1.42 bits per heavy atom. The third-order valence-corrected chi connectivity index (χ3v) is 2.07. The topological polar surface area (TPSA) is 43.3 Å². The molecule has 0 atom stereocenters. The molecule has 0 amide bonds. The van der Waals surface area contributed by atoms with Crippen molar-refractivity contribution in [2.24, 2.45) is 0 Å². The average molecular weight is 161 g/mol. The third-order valence-electron chi connectivity index (χ3n) is 2.07. The van der Waals surface area contributed by atoms with Crippen molar-refractivity contribution in [3.8, 4) is 0 Å². The summed E-state index contributed by atoms with van der Waals surface area (Å²) in [7, 11) is 0. The summed E-state index contributed by atoms with van der Waals surface area (Å²) in [4.78, 5) is 0. The van der Waals surface area contributed by atoms with E-state index in [4.69, 9.17) is 5.73 Å². The van der Waals surface area contributed by atoms with Gasteiger partial charge in [0.05, 0.1) is 11.2 Å². The zero-order valence-corrected chi connectivity index (χ0v) is 7.20. The van der Waals surface area contributed by atoms with Crippen LogP contribution in [0.3, 0.4) is 0 Å². The van der Waals surface area contributed by atoms with Crippen LogP contribution in [0.25, 0.3) is 5.52 Å². The fourth-order valence-electron chi connectivity index (χ4n) is 1.33. The van der Waals surface area contributed by atoms with E-state index in [1.54, 1.807) is 0 Å². The second-order valence-corrected chi connectivity index (χ2v) is 3.01. The van der Waals surface area contributed by atoms with Crippen LogP contribution in [0.1, 0.15) is 11.3 Å². The van der Waals surface area contributed by atoms with Crippen LogP contribution in [0, 0.1) is 13.8 Å². The Morgan fingerprint density at radius 3 is 2.92 bits per heavy atom. The Hall–Kier alpha value is -1.51. The number of nitrogens with two attached hydrogens (primary N) is 1. The molecule has 3 nitrogen and oxygen atoms in total. The van der Waals surface area contributed by atoms with Crippen LogP contribution in [0.2, 0.25) is 0 Å². The van der Waals surface area contributed by atoms with E-state index in [9.17, 15) is 0 Å². The van der Waals surface area contributed by atoms with Crippen LogP contribution in [-0.4, -0.2) is 9.61 Å². The Bertz CT molecular complexity index is 429. The minimum atomic E-state index is 0.822. The van der Waals surface area contributed by atoms with Gasteiger partial charge in [-0.15, -0.1) is 0 Å². The van der Waals surface area contributed by atoms with Crippen molar-refractivity contribution < 1.29 is 0 Å². The number of aromatic nitrogens is 2. The molecule has 0 unspecified atom stereocenters. The van der Waals surface area contributed by atoms with Crippen molar-refractivity contribution in [1.82, 2.24) is 9.61 Å². The highest BCUT2D eigenvalue weighted by Crippen LogP contribution is 2.17. The molecule has 0 spiro atoms. The quantitative estimate of drug-likeness (QED) is 0.636. The molecular weight excluding hydrogens is 150 g/mol. The highest BCUT2D eigenvalue weighted by Gasteiger charge is 2.02. The molecule has 2 aromatic heterocycles. The predicted octanol–water partition coefficient (Wildman–Crippen LogP) is 1.53. The van der Waals surface area contributed by atoms with Gasteiger partial charge < -0.3 is 5.73 Å². The van der Waals surface area contributed by atoms with Gasteiger partial charge in [0, 0.05) is 11.9 Å². The number of nitrogens with zero attached hydrogens (tertiary/aromatic N) is 2. The maximum Gasteiger partial charge on any atom is 0.0714 e. The molecule has 2 heterocycles. The summed E-state index contributed by atoms with van der Waals surface area (Å²) in [6.07, 6.45) is 1.88. The Balaban J connectivity index is 2.89. The number of aryl methyl sites for hydroxylation is 2. The third kappa shape index (κ3) is 0.863. The lowest BCUT2D eigenvalue weighted by Crippen LogP contribution is -1.94. The zero-order valence-electron chi connectivity index (χ0n) is 7.20. The predicted molar refractivity (Wildman–Crippen MR) is 49.1 cm³/mol. The van der Waals surface area contributed by atoms with Crippen molar-refractivity contribution in [3.63, 3.8) is 0 Å². The molecular formula is C9H11N3. The van der Waals surface area contributed by atoms with Gasteiger partial charge in [-0.2, -0.15) is 5.10 Å². The molecule has 62 valence electrons. The lowest BCUT2D eigenvalue weighted by molar-refractivity contribution is 0.931. The first kappa shape index (κ1) is 7.16. The van der Waals surface area contributed by atoms with Gasteiger partial charge in [-0.3, -0.25) is 0 Å². The van der Waals surface area contributed by atoms with Crippen molar-refractivity contribution in [1.29, 1.82) is 0 Å². The number of hydrogen-bond donors (Lipinski definition) is 1. The molecule has 12 heavy (non-hydrogen) atoms. The minimum Gasteiger partial charge on any atom is -0.398 e. The normalized spacial score (nSPS) is 10.8. The van der Waals surface area contributed by atoms with Crippen LogP contribution in [0.4, 0.5) is 5.69 Å². The van der Waals surface area contributed by atoms with E-state index in [-0.39, 0.29) is 0 Å². The molecule has 0 aromatic carbocycles. The molecule has 0 fully saturated rings. The van der Waals surface area contributed by atoms with Gasteiger partial charge in [0.25, 0.3) is 0 Å². The van der Waals surface area contributed by atoms with Gasteiger partial charge in [-0.05, 0) is 31.5 Å². The van der Waals surface area contributed by atoms with Gasteiger partial charge in [0.2, 0.25) is 0 Å². The maximum atomic E-state index is 5.75. The summed E-state index contributed by atoms with van der Waals surface area (Å²) >= 11 is 0. The van der Waals surface area contributed by atoms with Crippen molar-refractivity contribution in [2.45, 2.75) is 13.8 Å². The molecule has 0 aliphatic heterocycles. The summed E-state index contributed by atoms with van der Waals surface area (Å²) < 4.78 is 1.85. The van der Waals surface area contributed by atoms with Crippen molar-refractivity contribution >= 4 is 11.2 Å². The van der Waals surface area contributed by atoms with E-state index in [1.165, 1.54) is 0 Å². The molecule has 3 heteroatoms. The number of nitrogen functional groups attached to an aromatic ring is 1. The standard InChI is InChI=1S/C9H11N3/c1-6-5-9-7(2)8(10)3-4-12(9)11-6/h3-5H,10H2,1-2H3. The number of hydrogen-bond acceptors (Lipinski definition) is 2. The molecule has 2 rings (SSSR count). The largest absolute Gasteiger partial charge is 0.398 e. The van der Waals surface area contributed by atoms with Gasteiger partial charge in [0.15, 0.2) is 0 Å². The summed E-state index contributed by atoms with van der Waals surface area (Å²) in [5.41, 5.74) is 9.78. The molecule has 0 aliphatic rings. The van der Waals surface area contributed by atoms with Crippen LogP contribution in [0.5, 0.6) is 0 Å². The second kappa shape index (κ2) is 2.24. The van der Waals surface area contributed by atoms with E-state index >= 15 is 0 Å². The van der Waals surface area contributed by atoms with Crippen LogP contribution >= 0.6 is 0 Å². The second-order valence-electron chi connectivity index (χ2n) is 3.01. The first-order chi connectivity index (χ1) is 5.68. The first-order valence-electron chi connectivity index (χ1n) is 3.89. The lowest BCUT2D eigenvalue weighted by Gasteiger charge is -2.00. The Kier molecular flexibility index (Phi) is 1.33. The summed E-state index contributed by atoms with van der Waals surface area (Å²) in [5, 5.41) is 4.28. The Labute approximate surface area is 70.8 Å². The maximum absolute atomic E-state index is 5.75. The monoisotopic (exact) mass is 161 g/mol. The first-order valence-corrected chi connectivity index (χ1v) is 3.89. The average Bonchev–Trinajstić information content (AvgIpc) is 2.39. The van der Waals surface area contributed by atoms with E-state index < -0.39 is 0 Å². The van der Waals surface area contributed by atoms with E-state index in [0.717, 1.165) is 22.5 Å². The van der Waals surface area contributed by atoms with Crippen LogP contribution < -0.4 is 5.73 Å². The van der Waals surface area contributed by atoms with Crippen LogP contribution in [0.15, 0.2) is 18.3 Å². The number of rotatable bonds is 0. The SMILES string of the molecule is Cc1cc2c(C)c(N)ccn2n1. The number of pyridine rings is 1. The molecule has 0 saturated heterocycles. The van der Waals surface area contributed by atoms with Crippen molar-refractivity contribution in [2.75, 3.05) is 5.73 Å². The molecule has 2 N–H and O–H groups in total. The zero-order chi connectivity index (χ0) is 8.72. The molecule has 0 aliphatic carbocycles. The van der Waals surface area contributed by atoms with Gasteiger partial charge in [0.1, 0.15) is 0 Å². The van der Waals surface area contributed by atoms with Crippen molar-refractivity contribution in [3.05, 3.63) is 29.6 Å². The summed E-state index contributed by atoms with van der Waals surface area (Å²) in [6.45, 7) is 3.98. The minimum absolute atomic E-state index is 0.822. The fraction of sp³-hybridized carbons (Fsp3) is 0.222. The van der Waals surface area contributed by atoms with Gasteiger partial charge >= 0.3 is 0 Å². The molecule has 0 radical (unpaired) electrons. The lowest BCUT2D eigenvalue weighted by atomic mass is 10.2. The smallest absolute Gasteiger partial charge is 0.0714 e. The fourth-order valence-corrected chi connectivity index (χ4v) is 1.33. The Morgan fingerprint density at radius 2 is 2.17 bits per heavy atom. The van der Waals surface area contributed by atoms with Gasteiger partial charge in [-0.25, -0.2) is 4.52 Å². The van der Waals surface area contributed by atoms with Gasteiger partial charge in [-0.1, -0.05) is 0 Å². The highest BCUT2D eigenvalue weighted by atomic mass is 15.2. The molecule has 2 aromatic rings. The summed E-state index contributed by atoms with van der Waals surface area (Å²) in [5.74, 6) is 0. The number of fused-ring (bicyclic) bond motifs is 1. The molecule has 0 saturated carbocycles. The van der Waals surface area contributed by atoms with Crippen LogP contribution in [-0.2, 0) is 0 Å². The van der Waals surface area contributed by atoms with E-state index in [1.807, 2.05) is 36.7 Å². The highest BCUT2D eigenvalue weighted by molar-refractivity contribution is 5.65. The van der Waals surface area contributed by atoms with E-state index in [2.05, 4.69) is 5.10 Å². The summed E-state index contributed by atoms with van der Waals surface area (Å²) in [6, 6.07) is 3.90. The number of anilines is 1.